The molecular weight excluding hydrogens is 571 g/mol. The molecule has 0 aliphatic heterocycles. The van der Waals surface area contributed by atoms with Crippen LogP contribution >= 0.6 is 7.82 Å². The lowest BCUT2D eigenvalue weighted by atomic mass is 9.85. The molecule has 1 rings (SSSR count). The van der Waals surface area contributed by atoms with Gasteiger partial charge in [-0.25, -0.2) is 4.57 Å². The Labute approximate surface area is 247 Å². The molecule has 240 valence electrons. The van der Waals surface area contributed by atoms with E-state index in [1.54, 1.807) is 0 Å². The summed E-state index contributed by atoms with van der Waals surface area (Å²) in [7, 11) is -5.00. The lowest BCUT2D eigenvalue weighted by Crippen LogP contribution is -2.64. The number of allylic oxidation sites excluding steroid dienone is 10. The number of carbonyl (C=O) groups is 1. The van der Waals surface area contributed by atoms with Crippen molar-refractivity contribution < 1.29 is 58.7 Å². The van der Waals surface area contributed by atoms with Crippen LogP contribution in [0.2, 0.25) is 0 Å². The van der Waals surface area contributed by atoms with E-state index in [9.17, 15) is 44.9 Å². The maximum atomic E-state index is 12.1. The van der Waals surface area contributed by atoms with Crippen LogP contribution in [0.3, 0.4) is 0 Å². The van der Waals surface area contributed by atoms with Crippen LogP contribution in [0.15, 0.2) is 60.8 Å². The SMILES string of the molecule is CC/C=C/C/C=C/C/C=C/C/C=C/C/C=C/CCCC(=O)OC[C@@H](O)COP(=O)(O)OC1[C@H](O)[C@H](O)C(O)[C@H](O)[C@H]1O. The molecule has 0 aromatic rings. The summed E-state index contributed by atoms with van der Waals surface area (Å²) in [6.07, 6.45) is 13.6. The number of rotatable bonds is 20. The molecule has 0 radical (unpaired) electrons. The molecule has 7 N–H and O–H groups in total. The number of aliphatic hydroxyl groups is 6. The van der Waals surface area contributed by atoms with Crippen LogP contribution in [0.1, 0.15) is 58.3 Å². The number of hydrogen-bond donors (Lipinski definition) is 7. The molecular formula is C29H47O12P. The molecule has 1 saturated carbocycles. The molecule has 0 amide bonds. The Kier molecular flexibility index (Phi) is 19.7. The van der Waals surface area contributed by atoms with Crippen molar-refractivity contribution in [1.29, 1.82) is 0 Å². The van der Waals surface area contributed by atoms with E-state index in [2.05, 4.69) is 64.6 Å². The maximum Gasteiger partial charge on any atom is 0.472 e. The summed E-state index contributed by atoms with van der Waals surface area (Å²) in [6, 6.07) is 0. The maximum absolute atomic E-state index is 12.1. The standard InChI is InChI=1S/C29H47O12P/c1-2-3-4-5-6-7-8-9-10-11-12-13-14-15-16-17-18-19-23(31)39-20-22(30)21-40-42(37,38)41-29-27(35)25(33)24(32)26(34)28(29)36/h3-4,6-7,9-10,12-13,15-16,22,24-30,32-36H,2,5,8,11,14,17-21H2,1H3,(H,37,38)/b4-3+,7-6+,10-9+,13-12+,16-15+/t22-,24?,25-,26+,27-,28-,29?/m1/s1. The van der Waals surface area contributed by atoms with Crippen molar-refractivity contribution in [2.75, 3.05) is 13.2 Å². The van der Waals surface area contributed by atoms with E-state index in [0.29, 0.717) is 12.8 Å². The van der Waals surface area contributed by atoms with Gasteiger partial charge in [-0.05, 0) is 44.9 Å². The van der Waals surface area contributed by atoms with Gasteiger partial charge >= 0.3 is 13.8 Å². The summed E-state index contributed by atoms with van der Waals surface area (Å²) >= 11 is 0. The van der Waals surface area contributed by atoms with Gasteiger partial charge in [0.15, 0.2) is 0 Å². The lowest BCUT2D eigenvalue weighted by molar-refractivity contribution is -0.220. The zero-order valence-electron chi connectivity index (χ0n) is 24.0. The Balaban J connectivity index is 2.16. The van der Waals surface area contributed by atoms with E-state index in [1.165, 1.54) is 0 Å². The van der Waals surface area contributed by atoms with E-state index in [-0.39, 0.29) is 6.42 Å². The van der Waals surface area contributed by atoms with E-state index in [1.807, 2.05) is 12.2 Å². The number of aliphatic hydroxyl groups excluding tert-OH is 6. The van der Waals surface area contributed by atoms with E-state index in [4.69, 9.17) is 4.74 Å². The smallest absolute Gasteiger partial charge is 0.463 e. The molecule has 0 heterocycles. The van der Waals surface area contributed by atoms with Crippen molar-refractivity contribution in [2.45, 2.75) is 101 Å². The van der Waals surface area contributed by atoms with Crippen LogP contribution in [0.5, 0.6) is 0 Å². The largest absolute Gasteiger partial charge is 0.472 e. The summed E-state index contributed by atoms with van der Waals surface area (Å²) in [4.78, 5) is 21.7. The van der Waals surface area contributed by atoms with E-state index < -0.39 is 69.7 Å². The van der Waals surface area contributed by atoms with Gasteiger partial charge < -0.3 is 40.3 Å². The molecule has 42 heavy (non-hydrogen) atoms. The van der Waals surface area contributed by atoms with Crippen molar-refractivity contribution in [2.24, 2.45) is 0 Å². The van der Waals surface area contributed by atoms with Crippen LogP contribution in [0.4, 0.5) is 0 Å². The van der Waals surface area contributed by atoms with Gasteiger partial charge in [0.05, 0.1) is 6.61 Å². The fourth-order valence-corrected chi connectivity index (χ4v) is 4.71. The summed E-state index contributed by atoms with van der Waals surface area (Å²) < 4.78 is 26.3. The molecule has 0 saturated heterocycles. The first-order chi connectivity index (χ1) is 20.0. The van der Waals surface area contributed by atoms with Crippen LogP contribution in [-0.2, 0) is 23.1 Å². The second kappa shape index (κ2) is 21.7. The minimum Gasteiger partial charge on any atom is -0.463 e. The third-order valence-electron chi connectivity index (χ3n) is 6.10. The normalized spacial score (nSPS) is 27.5. The minimum atomic E-state index is -5.00. The van der Waals surface area contributed by atoms with Gasteiger partial charge in [-0.2, -0.15) is 0 Å². The Morgan fingerprint density at radius 1 is 0.738 bits per heavy atom. The topological polar surface area (TPSA) is 203 Å². The molecule has 1 aliphatic carbocycles. The second-order valence-corrected chi connectivity index (χ2v) is 11.1. The fraction of sp³-hybridized carbons (Fsp3) is 0.621. The summed E-state index contributed by atoms with van der Waals surface area (Å²) in [5, 5.41) is 58.5. The van der Waals surface area contributed by atoms with E-state index >= 15 is 0 Å². The van der Waals surface area contributed by atoms with Gasteiger partial charge in [-0.15, -0.1) is 0 Å². The Morgan fingerprint density at radius 2 is 1.19 bits per heavy atom. The Bertz CT molecular complexity index is 931. The van der Waals surface area contributed by atoms with Gasteiger partial charge in [0.25, 0.3) is 0 Å². The van der Waals surface area contributed by atoms with Crippen molar-refractivity contribution in [3.63, 3.8) is 0 Å². The highest BCUT2D eigenvalue weighted by atomic mass is 31.2. The quantitative estimate of drug-likeness (QED) is 0.0454. The van der Waals surface area contributed by atoms with Gasteiger partial charge in [-0.1, -0.05) is 67.7 Å². The number of carbonyl (C=O) groups excluding carboxylic acids is 1. The van der Waals surface area contributed by atoms with Crippen molar-refractivity contribution in [3.05, 3.63) is 60.8 Å². The number of phosphoric ester groups is 1. The predicted octanol–water partition coefficient (Wildman–Crippen LogP) is 2.13. The number of hydrogen-bond acceptors (Lipinski definition) is 11. The first-order valence-corrected chi connectivity index (χ1v) is 15.6. The summed E-state index contributed by atoms with van der Waals surface area (Å²) in [5.74, 6) is -0.570. The molecule has 12 nitrogen and oxygen atoms in total. The van der Waals surface area contributed by atoms with Gasteiger partial charge in [-0.3, -0.25) is 13.8 Å². The van der Waals surface area contributed by atoms with Gasteiger partial charge in [0, 0.05) is 6.42 Å². The van der Waals surface area contributed by atoms with Crippen LogP contribution in [-0.4, -0.2) is 97.4 Å². The zero-order chi connectivity index (χ0) is 31.4. The van der Waals surface area contributed by atoms with E-state index in [0.717, 1.165) is 32.1 Å². The zero-order valence-corrected chi connectivity index (χ0v) is 24.9. The predicted molar refractivity (Wildman–Crippen MR) is 156 cm³/mol. The Morgan fingerprint density at radius 3 is 1.69 bits per heavy atom. The summed E-state index contributed by atoms with van der Waals surface area (Å²) in [6.45, 7) is 0.802. The van der Waals surface area contributed by atoms with Gasteiger partial charge in [0.2, 0.25) is 0 Å². The molecule has 0 aromatic heterocycles. The molecule has 0 bridgehead atoms. The molecule has 3 unspecified atom stereocenters. The lowest BCUT2D eigenvalue weighted by Gasteiger charge is -2.41. The molecule has 1 fully saturated rings. The molecule has 0 aromatic carbocycles. The molecule has 1 aliphatic rings. The minimum absolute atomic E-state index is 0.109. The summed E-state index contributed by atoms with van der Waals surface area (Å²) in [5.41, 5.74) is 0. The molecule has 13 heteroatoms. The second-order valence-electron chi connectivity index (χ2n) is 9.72. The highest BCUT2D eigenvalue weighted by molar-refractivity contribution is 7.47. The van der Waals surface area contributed by atoms with Crippen LogP contribution in [0, 0.1) is 0 Å². The number of ether oxygens (including phenoxy) is 1. The highest BCUT2D eigenvalue weighted by Crippen LogP contribution is 2.47. The first-order valence-electron chi connectivity index (χ1n) is 14.1. The number of unbranched alkanes of at least 4 members (excludes halogenated alkanes) is 1. The monoisotopic (exact) mass is 618 g/mol. The molecule has 8 atom stereocenters. The average Bonchev–Trinajstić information content (AvgIpc) is 2.96. The third-order valence-corrected chi connectivity index (χ3v) is 7.09. The van der Waals surface area contributed by atoms with Crippen molar-refractivity contribution >= 4 is 13.8 Å². The average molecular weight is 619 g/mol. The number of esters is 1. The fourth-order valence-electron chi connectivity index (χ4n) is 3.73. The number of phosphoric acid groups is 1. The van der Waals surface area contributed by atoms with Crippen LogP contribution in [0.25, 0.3) is 0 Å². The first kappa shape index (κ1) is 38.1. The van der Waals surface area contributed by atoms with Crippen molar-refractivity contribution in [1.82, 2.24) is 0 Å². The Hall–Kier alpha value is -1.96. The highest BCUT2D eigenvalue weighted by Gasteiger charge is 2.51. The van der Waals surface area contributed by atoms with Gasteiger partial charge in [0.1, 0.15) is 49.3 Å². The molecule has 0 spiro atoms. The third kappa shape index (κ3) is 16.0. The van der Waals surface area contributed by atoms with Crippen LogP contribution < -0.4 is 0 Å². The van der Waals surface area contributed by atoms with Crippen molar-refractivity contribution in [3.8, 4) is 0 Å².